The average Bonchev–Trinajstić information content (AvgIpc) is 3.00. The summed E-state index contributed by atoms with van der Waals surface area (Å²) in [6, 6.07) is 14.5. The highest BCUT2D eigenvalue weighted by molar-refractivity contribution is 5.95. The number of anilines is 1. The molecule has 0 saturated heterocycles. The monoisotopic (exact) mass is 404 g/mol. The summed E-state index contributed by atoms with van der Waals surface area (Å²) in [5.41, 5.74) is 1.95. The van der Waals surface area contributed by atoms with Crippen LogP contribution in [0.3, 0.4) is 0 Å². The van der Waals surface area contributed by atoms with Gasteiger partial charge in [0, 0.05) is 16.8 Å². The van der Waals surface area contributed by atoms with Crippen molar-refractivity contribution in [3.05, 3.63) is 88.4 Å². The fourth-order valence-electron chi connectivity index (χ4n) is 3.83. The Labute approximate surface area is 172 Å². The lowest BCUT2D eigenvalue weighted by atomic mass is 10.2. The second-order valence-electron chi connectivity index (χ2n) is 7.17. The van der Waals surface area contributed by atoms with Crippen LogP contribution >= 0.6 is 0 Å². The van der Waals surface area contributed by atoms with Gasteiger partial charge in [0.15, 0.2) is 0 Å². The van der Waals surface area contributed by atoms with Crippen molar-refractivity contribution in [2.24, 2.45) is 0 Å². The Hall–Kier alpha value is -3.74. The number of fused-ring (bicyclic) bond motifs is 1. The highest BCUT2D eigenvalue weighted by Crippen LogP contribution is 2.27. The van der Waals surface area contributed by atoms with Gasteiger partial charge in [-0.15, -0.1) is 0 Å². The number of carbonyl (C=O) groups excluding carboxylic acids is 1. The van der Waals surface area contributed by atoms with Crippen LogP contribution in [0.25, 0.3) is 16.5 Å². The predicted molar refractivity (Wildman–Crippen MR) is 115 cm³/mol. The topological polar surface area (TPSA) is 68.9 Å². The molecular formula is C23H21FN4O2. The third-order valence-electron chi connectivity index (χ3n) is 5.35. The molecule has 0 unspecified atom stereocenters. The maximum atomic E-state index is 13.9. The number of nitrogens with zero attached hydrogens (tertiary/aromatic N) is 3. The fourth-order valence-corrected chi connectivity index (χ4v) is 3.83. The highest BCUT2D eigenvalue weighted by atomic mass is 19.1. The number of amides is 1. The minimum Gasteiger partial charge on any atom is -0.336 e. The zero-order valence-electron chi connectivity index (χ0n) is 16.9. The van der Waals surface area contributed by atoms with Gasteiger partial charge in [-0.05, 0) is 45.0 Å². The van der Waals surface area contributed by atoms with Crippen molar-refractivity contribution in [2.45, 2.75) is 26.8 Å². The van der Waals surface area contributed by atoms with Crippen molar-refractivity contribution in [1.82, 2.24) is 14.3 Å². The van der Waals surface area contributed by atoms with Crippen LogP contribution in [0.4, 0.5) is 10.1 Å². The Kier molecular flexibility index (Phi) is 4.95. The van der Waals surface area contributed by atoms with Crippen molar-refractivity contribution >= 4 is 22.4 Å². The summed E-state index contributed by atoms with van der Waals surface area (Å²) in [6.45, 7) is 5.37. The van der Waals surface area contributed by atoms with Gasteiger partial charge >= 0.3 is 0 Å². The van der Waals surface area contributed by atoms with E-state index in [0.717, 1.165) is 5.69 Å². The van der Waals surface area contributed by atoms with Crippen LogP contribution in [-0.4, -0.2) is 20.3 Å². The molecule has 4 rings (SSSR count). The molecule has 2 aromatic heterocycles. The standard InChI is InChI=1S/C23H21FN4O2/c1-14-18-13-25-28(17-9-5-4-6-10-17)23(30)21(18)15(2)27(14)16(3)22(29)26-20-12-8-7-11-19(20)24/h4-13,16H,1-3H3,(H,26,29)/t16-/m0/s1. The van der Waals surface area contributed by atoms with Crippen LogP contribution in [0.15, 0.2) is 65.6 Å². The largest absolute Gasteiger partial charge is 0.336 e. The molecule has 4 aromatic rings. The first-order valence-corrected chi connectivity index (χ1v) is 9.60. The van der Waals surface area contributed by atoms with Gasteiger partial charge in [-0.3, -0.25) is 9.59 Å². The zero-order chi connectivity index (χ0) is 21.4. The molecule has 2 heterocycles. The van der Waals surface area contributed by atoms with E-state index in [1.807, 2.05) is 37.3 Å². The first-order valence-electron chi connectivity index (χ1n) is 9.60. The summed E-state index contributed by atoms with van der Waals surface area (Å²) in [6.07, 6.45) is 1.64. The molecule has 6 nitrogen and oxygen atoms in total. The summed E-state index contributed by atoms with van der Waals surface area (Å²) in [5, 5.41) is 8.14. The van der Waals surface area contributed by atoms with Crippen molar-refractivity contribution in [3.63, 3.8) is 0 Å². The minimum absolute atomic E-state index is 0.120. The van der Waals surface area contributed by atoms with Crippen LogP contribution in [0.1, 0.15) is 24.4 Å². The molecule has 0 fully saturated rings. The quantitative estimate of drug-likeness (QED) is 0.556. The molecule has 0 radical (unpaired) electrons. The van der Waals surface area contributed by atoms with Crippen molar-refractivity contribution in [3.8, 4) is 5.69 Å². The van der Waals surface area contributed by atoms with Crippen molar-refractivity contribution < 1.29 is 9.18 Å². The first kappa shape index (κ1) is 19.6. The van der Waals surface area contributed by atoms with E-state index in [9.17, 15) is 14.0 Å². The number of aromatic nitrogens is 3. The van der Waals surface area contributed by atoms with Crippen molar-refractivity contribution in [2.75, 3.05) is 5.32 Å². The highest BCUT2D eigenvalue weighted by Gasteiger charge is 2.24. The number of benzene rings is 2. The lowest BCUT2D eigenvalue weighted by molar-refractivity contribution is -0.118. The number of nitrogens with one attached hydrogen (secondary N) is 1. The molecule has 0 spiro atoms. The Balaban J connectivity index is 1.78. The van der Waals surface area contributed by atoms with Crippen LogP contribution in [-0.2, 0) is 4.79 Å². The van der Waals surface area contributed by atoms with Crippen LogP contribution < -0.4 is 10.9 Å². The van der Waals surface area contributed by atoms with E-state index in [-0.39, 0.29) is 17.2 Å². The summed E-state index contributed by atoms with van der Waals surface area (Å²) in [7, 11) is 0. The summed E-state index contributed by atoms with van der Waals surface area (Å²) >= 11 is 0. The van der Waals surface area contributed by atoms with Gasteiger partial charge < -0.3 is 9.88 Å². The smallest absolute Gasteiger partial charge is 0.281 e. The van der Waals surface area contributed by atoms with Gasteiger partial charge in [-0.1, -0.05) is 30.3 Å². The Morgan fingerprint density at radius 2 is 1.70 bits per heavy atom. The van der Waals surface area contributed by atoms with Gasteiger partial charge in [0.05, 0.1) is 23.0 Å². The number of hydrogen-bond donors (Lipinski definition) is 1. The average molecular weight is 404 g/mol. The predicted octanol–water partition coefficient (Wildman–Crippen LogP) is 4.14. The van der Waals surface area contributed by atoms with Crippen LogP contribution in [0.2, 0.25) is 0 Å². The maximum absolute atomic E-state index is 13.9. The normalized spacial score (nSPS) is 12.1. The number of hydrogen-bond acceptors (Lipinski definition) is 3. The summed E-state index contributed by atoms with van der Waals surface area (Å²) in [5.74, 6) is -0.873. The molecule has 1 atom stereocenters. The summed E-state index contributed by atoms with van der Waals surface area (Å²) < 4.78 is 17.1. The molecule has 7 heteroatoms. The SMILES string of the molecule is Cc1c2cnn(-c3ccccc3)c(=O)c2c(C)n1[C@@H](C)C(=O)Nc1ccccc1F. The number of rotatable bonds is 4. The molecule has 1 N–H and O–H groups in total. The maximum Gasteiger partial charge on any atom is 0.281 e. The number of halogens is 1. The van der Waals surface area contributed by atoms with Crippen LogP contribution in [0.5, 0.6) is 0 Å². The van der Waals surface area contributed by atoms with Crippen molar-refractivity contribution in [1.29, 1.82) is 0 Å². The molecular weight excluding hydrogens is 383 g/mol. The van der Waals surface area contributed by atoms with E-state index >= 15 is 0 Å². The van der Waals surface area contributed by atoms with E-state index in [1.165, 1.54) is 16.8 Å². The second-order valence-corrected chi connectivity index (χ2v) is 7.17. The zero-order valence-corrected chi connectivity index (χ0v) is 16.9. The fraction of sp³-hybridized carbons (Fsp3) is 0.174. The summed E-state index contributed by atoms with van der Waals surface area (Å²) in [4.78, 5) is 26.0. The lowest BCUT2D eigenvalue weighted by Gasteiger charge is -2.18. The van der Waals surface area contributed by atoms with E-state index in [0.29, 0.717) is 22.2 Å². The molecule has 2 aromatic carbocycles. The Bertz CT molecular complexity index is 1310. The molecule has 0 bridgehead atoms. The van der Waals surface area contributed by atoms with E-state index in [4.69, 9.17) is 0 Å². The van der Waals surface area contributed by atoms with Gasteiger partial charge in [-0.25, -0.2) is 4.39 Å². The Morgan fingerprint density at radius 3 is 2.40 bits per heavy atom. The first-order chi connectivity index (χ1) is 14.4. The minimum atomic E-state index is -0.651. The molecule has 30 heavy (non-hydrogen) atoms. The van der Waals surface area contributed by atoms with Gasteiger partial charge in [0.25, 0.3) is 5.56 Å². The number of para-hydroxylation sites is 2. The number of carbonyl (C=O) groups is 1. The van der Waals surface area contributed by atoms with E-state index < -0.39 is 11.9 Å². The van der Waals surface area contributed by atoms with E-state index in [1.54, 1.807) is 36.7 Å². The molecule has 1 amide bonds. The number of aryl methyl sites for hydroxylation is 2. The molecule has 152 valence electrons. The lowest BCUT2D eigenvalue weighted by Crippen LogP contribution is -2.25. The second kappa shape index (κ2) is 7.59. The van der Waals surface area contributed by atoms with Gasteiger partial charge in [-0.2, -0.15) is 9.78 Å². The molecule has 0 aliphatic rings. The molecule has 0 aliphatic heterocycles. The third-order valence-corrected chi connectivity index (χ3v) is 5.35. The Morgan fingerprint density at radius 1 is 1.03 bits per heavy atom. The molecule has 0 aliphatic carbocycles. The van der Waals surface area contributed by atoms with Gasteiger partial charge in [0.1, 0.15) is 11.9 Å². The van der Waals surface area contributed by atoms with Gasteiger partial charge in [0.2, 0.25) is 5.91 Å². The van der Waals surface area contributed by atoms with Crippen LogP contribution in [0, 0.1) is 19.7 Å². The molecule has 0 saturated carbocycles. The van der Waals surface area contributed by atoms with E-state index in [2.05, 4.69) is 10.4 Å². The third kappa shape index (κ3) is 3.18.